The molecule has 19 heavy (non-hydrogen) atoms. The van der Waals surface area contributed by atoms with Crippen LogP contribution in [-0.4, -0.2) is 24.9 Å². The van der Waals surface area contributed by atoms with Crippen LogP contribution in [0.25, 0.3) is 0 Å². The van der Waals surface area contributed by atoms with E-state index in [9.17, 15) is 0 Å². The quantitative estimate of drug-likeness (QED) is 0.857. The monoisotopic (exact) mass is 264 g/mol. The Kier molecular flexibility index (Phi) is 4.97. The third-order valence-electron chi connectivity index (χ3n) is 3.95. The second-order valence-electron chi connectivity index (χ2n) is 5.21. The SMILES string of the molecule is CCC(C)c1ccc(C2(CCCO)OCCO2)cc1. The molecular weight excluding hydrogens is 240 g/mol. The third kappa shape index (κ3) is 3.16. The molecule has 1 atom stereocenters. The van der Waals surface area contributed by atoms with E-state index < -0.39 is 5.79 Å². The molecule has 1 aromatic rings. The molecule has 1 N–H and O–H groups in total. The summed E-state index contributed by atoms with van der Waals surface area (Å²) in [6, 6.07) is 8.53. The predicted octanol–water partition coefficient (Wildman–Crippen LogP) is 3.17. The Labute approximate surface area is 115 Å². The Morgan fingerprint density at radius 2 is 1.84 bits per heavy atom. The van der Waals surface area contributed by atoms with E-state index in [0.717, 1.165) is 12.0 Å². The van der Waals surface area contributed by atoms with Crippen LogP contribution >= 0.6 is 0 Å². The van der Waals surface area contributed by atoms with Gasteiger partial charge in [-0.15, -0.1) is 0 Å². The van der Waals surface area contributed by atoms with Gasteiger partial charge in [-0.05, 0) is 24.3 Å². The van der Waals surface area contributed by atoms with Crippen LogP contribution in [0, 0.1) is 0 Å². The summed E-state index contributed by atoms with van der Waals surface area (Å²) in [5.41, 5.74) is 2.41. The molecule has 1 fully saturated rings. The van der Waals surface area contributed by atoms with Crippen molar-refractivity contribution in [2.45, 2.75) is 44.8 Å². The highest BCUT2D eigenvalue weighted by Gasteiger charge is 2.37. The molecule has 3 heteroatoms. The minimum absolute atomic E-state index is 0.166. The molecule has 1 saturated heterocycles. The largest absolute Gasteiger partial charge is 0.396 e. The van der Waals surface area contributed by atoms with E-state index >= 15 is 0 Å². The summed E-state index contributed by atoms with van der Waals surface area (Å²) in [5, 5.41) is 9.03. The van der Waals surface area contributed by atoms with Crippen LogP contribution in [0.15, 0.2) is 24.3 Å². The van der Waals surface area contributed by atoms with Crippen LogP contribution in [0.5, 0.6) is 0 Å². The van der Waals surface area contributed by atoms with Crippen molar-refractivity contribution in [2.75, 3.05) is 19.8 Å². The minimum Gasteiger partial charge on any atom is -0.396 e. The van der Waals surface area contributed by atoms with Gasteiger partial charge in [0, 0.05) is 18.6 Å². The zero-order chi connectivity index (χ0) is 13.7. The van der Waals surface area contributed by atoms with E-state index in [-0.39, 0.29) is 6.61 Å². The summed E-state index contributed by atoms with van der Waals surface area (Å²) in [6.07, 6.45) is 2.53. The molecule has 1 aromatic carbocycles. The average Bonchev–Trinajstić information content (AvgIpc) is 2.94. The minimum atomic E-state index is -0.642. The molecule has 0 radical (unpaired) electrons. The summed E-state index contributed by atoms with van der Waals surface area (Å²) in [5.74, 6) is -0.0654. The molecule has 3 nitrogen and oxygen atoms in total. The normalized spacial score (nSPS) is 19.5. The first kappa shape index (κ1) is 14.5. The molecule has 1 aliphatic heterocycles. The molecule has 0 bridgehead atoms. The maximum Gasteiger partial charge on any atom is 0.195 e. The van der Waals surface area contributed by atoms with Crippen molar-refractivity contribution in [3.05, 3.63) is 35.4 Å². The number of ether oxygens (including phenoxy) is 2. The van der Waals surface area contributed by atoms with Crippen molar-refractivity contribution in [2.24, 2.45) is 0 Å². The second kappa shape index (κ2) is 6.51. The standard InChI is InChI=1S/C16H24O3/c1-3-13(2)14-5-7-15(8-6-14)16(9-4-10-17)18-11-12-19-16/h5-8,13,17H,3-4,9-12H2,1-2H3. The first-order chi connectivity index (χ1) is 9.22. The van der Waals surface area contributed by atoms with Crippen LogP contribution < -0.4 is 0 Å². The van der Waals surface area contributed by atoms with Gasteiger partial charge in [-0.2, -0.15) is 0 Å². The van der Waals surface area contributed by atoms with E-state index in [1.807, 2.05) is 0 Å². The fraction of sp³-hybridized carbons (Fsp3) is 0.625. The summed E-state index contributed by atoms with van der Waals surface area (Å²) in [7, 11) is 0. The summed E-state index contributed by atoms with van der Waals surface area (Å²) in [6.45, 7) is 5.85. The number of rotatable bonds is 6. The fourth-order valence-corrected chi connectivity index (χ4v) is 2.52. The number of aliphatic hydroxyl groups is 1. The van der Waals surface area contributed by atoms with Gasteiger partial charge in [-0.25, -0.2) is 0 Å². The van der Waals surface area contributed by atoms with Crippen molar-refractivity contribution in [1.82, 2.24) is 0 Å². The van der Waals surface area contributed by atoms with Crippen molar-refractivity contribution >= 4 is 0 Å². The zero-order valence-electron chi connectivity index (χ0n) is 11.9. The highest BCUT2D eigenvalue weighted by Crippen LogP contribution is 2.36. The molecule has 0 spiro atoms. The van der Waals surface area contributed by atoms with Crippen LogP contribution in [0.4, 0.5) is 0 Å². The van der Waals surface area contributed by atoms with Gasteiger partial charge in [0.25, 0.3) is 0 Å². The van der Waals surface area contributed by atoms with Gasteiger partial charge in [0.2, 0.25) is 0 Å². The molecule has 0 aliphatic carbocycles. The van der Waals surface area contributed by atoms with Crippen molar-refractivity contribution in [1.29, 1.82) is 0 Å². The Bertz CT molecular complexity index is 379. The highest BCUT2D eigenvalue weighted by molar-refractivity contribution is 5.28. The highest BCUT2D eigenvalue weighted by atomic mass is 16.7. The predicted molar refractivity (Wildman–Crippen MR) is 75.0 cm³/mol. The topological polar surface area (TPSA) is 38.7 Å². The number of hydrogen-bond acceptors (Lipinski definition) is 3. The van der Waals surface area contributed by atoms with Crippen LogP contribution in [0.2, 0.25) is 0 Å². The molecule has 2 rings (SSSR count). The van der Waals surface area contributed by atoms with Gasteiger partial charge < -0.3 is 14.6 Å². The number of aliphatic hydroxyl groups excluding tert-OH is 1. The van der Waals surface area contributed by atoms with Crippen LogP contribution in [-0.2, 0) is 15.3 Å². The van der Waals surface area contributed by atoms with Crippen LogP contribution in [0.3, 0.4) is 0 Å². The van der Waals surface area contributed by atoms with E-state index in [1.54, 1.807) is 0 Å². The molecule has 106 valence electrons. The van der Waals surface area contributed by atoms with Crippen molar-refractivity contribution in [3.63, 3.8) is 0 Å². The second-order valence-corrected chi connectivity index (χ2v) is 5.21. The number of benzene rings is 1. The summed E-state index contributed by atoms with van der Waals surface area (Å²) in [4.78, 5) is 0. The third-order valence-corrected chi connectivity index (χ3v) is 3.95. The number of hydrogen-bond donors (Lipinski definition) is 1. The Balaban J connectivity index is 2.18. The molecule has 0 saturated carbocycles. The zero-order valence-corrected chi connectivity index (χ0v) is 11.9. The van der Waals surface area contributed by atoms with Gasteiger partial charge in [-0.1, -0.05) is 38.1 Å². The maximum atomic E-state index is 9.03. The molecule has 0 aromatic heterocycles. The van der Waals surface area contributed by atoms with E-state index in [0.29, 0.717) is 32.0 Å². The Hall–Kier alpha value is -0.900. The van der Waals surface area contributed by atoms with Gasteiger partial charge in [0.05, 0.1) is 13.2 Å². The average molecular weight is 264 g/mol. The summed E-state index contributed by atoms with van der Waals surface area (Å²) < 4.78 is 11.6. The van der Waals surface area contributed by atoms with E-state index in [2.05, 4.69) is 38.1 Å². The molecule has 1 unspecified atom stereocenters. The lowest BCUT2D eigenvalue weighted by atomic mass is 9.94. The van der Waals surface area contributed by atoms with Crippen molar-refractivity contribution < 1.29 is 14.6 Å². The first-order valence-corrected chi connectivity index (χ1v) is 7.21. The van der Waals surface area contributed by atoms with Gasteiger partial charge in [0.1, 0.15) is 0 Å². The summed E-state index contributed by atoms with van der Waals surface area (Å²) >= 11 is 0. The molecule has 0 amide bonds. The lowest BCUT2D eigenvalue weighted by Gasteiger charge is -2.28. The Morgan fingerprint density at radius 1 is 1.21 bits per heavy atom. The van der Waals surface area contributed by atoms with E-state index in [1.165, 1.54) is 5.56 Å². The molecule has 1 heterocycles. The van der Waals surface area contributed by atoms with Crippen molar-refractivity contribution in [3.8, 4) is 0 Å². The smallest absolute Gasteiger partial charge is 0.195 e. The van der Waals surface area contributed by atoms with Gasteiger partial charge in [-0.3, -0.25) is 0 Å². The van der Waals surface area contributed by atoms with Gasteiger partial charge >= 0.3 is 0 Å². The van der Waals surface area contributed by atoms with Crippen LogP contribution in [0.1, 0.15) is 50.2 Å². The maximum absolute atomic E-state index is 9.03. The van der Waals surface area contributed by atoms with E-state index in [4.69, 9.17) is 14.6 Å². The van der Waals surface area contributed by atoms with Gasteiger partial charge in [0.15, 0.2) is 5.79 Å². The lowest BCUT2D eigenvalue weighted by molar-refractivity contribution is -0.172. The fourth-order valence-electron chi connectivity index (χ4n) is 2.52. The Morgan fingerprint density at radius 3 is 2.37 bits per heavy atom. The first-order valence-electron chi connectivity index (χ1n) is 7.21. The molecule has 1 aliphatic rings. The lowest BCUT2D eigenvalue weighted by Crippen LogP contribution is -2.27. The molecular formula is C16H24O3.